The highest BCUT2D eigenvalue weighted by atomic mass is 19.4. The van der Waals surface area contributed by atoms with E-state index in [9.17, 15) is 22.8 Å². The first-order valence-corrected chi connectivity index (χ1v) is 7.48. The van der Waals surface area contributed by atoms with Crippen molar-refractivity contribution >= 4 is 17.7 Å². The van der Waals surface area contributed by atoms with Gasteiger partial charge in [0.1, 0.15) is 6.54 Å². The molecule has 6 nitrogen and oxygen atoms in total. The van der Waals surface area contributed by atoms with Crippen LogP contribution in [0, 0.1) is 5.92 Å². The Labute approximate surface area is 140 Å². The zero-order valence-electron chi connectivity index (χ0n) is 12.8. The number of aromatic nitrogens is 2. The van der Waals surface area contributed by atoms with Gasteiger partial charge in [0.2, 0.25) is 5.91 Å². The number of rotatable bonds is 5. The predicted molar refractivity (Wildman–Crippen MR) is 80.8 cm³/mol. The van der Waals surface area contributed by atoms with Crippen LogP contribution in [-0.2, 0) is 22.3 Å². The molecule has 1 fully saturated rings. The lowest BCUT2D eigenvalue weighted by atomic mass is 10.0. The van der Waals surface area contributed by atoms with E-state index in [0.29, 0.717) is 6.42 Å². The molecule has 0 radical (unpaired) electrons. The van der Waals surface area contributed by atoms with E-state index in [2.05, 4.69) is 10.4 Å². The minimum atomic E-state index is -4.46. The van der Waals surface area contributed by atoms with Crippen LogP contribution in [0.3, 0.4) is 0 Å². The number of alkyl halides is 3. The summed E-state index contributed by atoms with van der Waals surface area (Å²) >= 11 is 0. The maximum atomic E-state index is 13.1. The quantitative estimate of drug-likeness (QED) is 0.866. The van der Waals surface area contributed by atoms with Gasteiger partial charge in [-0.2, -0.15) is 18.3 Å². The van der Waals surface area contributed by atoms with Crippen molar-refractivity contribution in [3.63, 3.8) is 0 Å². The van der Waals surface area contributed by atoms with Gasteiger partial charge >= 0.3 is 12.1 Å². The second kappa shape index (κ2) is 6.23. The molecule has 1 aromatic heterocycles. The third-order valence-electron chi connectivity index (χ3n) is 3.98. The van der Waals surface area contributed by atoms with E-state index >= 15 is 0 Å². The molecule has 1 aliphatic carbocycles. The minimum absolute atomic E-state index is 0.117. The Morgan fingerprint density at radius 1 is 1.28 bits per heavy atom. The van der Waals surface area contributed by atoms with Gasteiger partial charge in [0, 0.05) is 18.2 Å². The van der Waals surface area contributed by atoms with E-state index in [1.807, 2.05) is 0 Å². The number of nitrogens with one attached hydrogen (secondary N) is 1. The molecule has 2 unspecified atom stereocenters. The van der Waals surface area contributed by atoms with Crippen molar-refractivity contribution in [2.24, 2.45) is 5.92 Å². The second-order valence-electron chi connectivity index (χ2n) is 5.82. The minimum Gasteiger partial charge on any atom is -0.480 e. The molecular formula is C16H14F3N3O3. The highest BCUT2D eigenvalue weighted by Gasteiger charge is 2.47. The molecular weight excluding hydrogens is 339 g/mol. The molecule has 0 spiro atoms. The van der Waals surface area contributed by atoms with Gasteiger partial charge in [-0.3, -0.25) is 14.3 Å². The summed E-state index contributed by atoms with van der Waals surface area (Å²) in [5.41, 5.74) is -0.604. The van der Waals surface area contributed by atoms with Crippen molar-refractivity contribution in [2.45, 2.75) is 25.1 Å². The molecule has 0 aliphatic heterocycles. The van der Waals surface area contributed by atoms with Gasteiger partial charge in [0.05, 0.1) is 5.56 Å². The number of anilines is 1. The SMILES string of the molecule is O=C(O)Cn1ccc(NC(=O)C2CC2c2ccccc2C(F)(F)F)n1. The van der Waals surface area contributed by atoms with E-state index in [0.717, 1.165) is 10.7 Å². The molecule has 1 saturated carbocycles. The lowest BCUT2D eigenvalue weighted by Gasteiger charge is -2.12. The van der Waals surface area contributed by atoms with Crippen LogP contribution in [0.5, 0.6) is 0 Å². The lowest BCUT2D eigenvalue weighted by molar-refractivity contribution is -0.139. The maximum absolute atomic E-state index is 13.1. The summed E-state index contributed by atoms with van der Waals surface area (Å²) in [6, 6.07) is 6.67. The van der Waals surface area contributed by atoms with Gasteiger partial charge < -0.3 is 10.4 Å². The van der Waals surface area contributed by atoms with Gasteiger partial charge in [-0.25, -0.2) is 0 Å². The Balaban J connectivity index is 1.67. The Bertz CT molecular complexity index is 816. The van der Waals surface area contributed by atoms with Gasteiger partial charge in [-0.15, -0.1) is 0 Å². The topological polar surface area (TPSA) is 84.2 Å². The molecule has 1 amide bonds. The molecule has 0 saturated heterocycles. The highest BCUT2D eigenvalue weighted by Crippen LogP contribution is 2.51. The van der Waals surface area contributed by atoms with E-state index in [4.69, 9.17) is 5.11 Å². The number of benzene rings is 1. The maximum Gasteiger partial charge on any atom is 0.416 e. The number of amides is 1. The molecule has 3 rings (SSSR count). The summed E-state index contributed by atoms with van der Waals surface area (Å²) in [5.74, 6) is -2.39. The monoisotopic (exact) mass is 353 g/mol. The van der Waals surface area contributed by atoms with Gasteiger partial charge in [-0.05, 0) is 24.0 Å². The molecule has 1 heterocycles. The van der Waals surface area contributed by atoms with Crippen molar-refractivity contribution in [3.05, 3.63) is 47.7 Å². The van der Waals surface area contributed by atoms with Crippen LogP contribution < -0.4 is 5.32 Å². The summed E-state index contributed by atoms with van der Waals surface area (Å²) in [6.07, 6.45) is -2.74. The van der Waals surface area contributed by atoms with Gasteiger partial charge in [0.15, 0.2) is 5.82 Å². The second-order valence-corrected chi connectivity index (χ2v) is 5.82. The first kappa shape index (κ1) is 17.0. The molecule has 1 aromatic carbocycles. The number of hydrogen-bond donors (Lipinski definition) is 2. The zero-order chi connectivity index (χ0) is 18.2. The normalized spacial score (nSPS) is 19.5. The van der Waals surface area contributed by atoms with Crippen LogP contribution in [0.15, 0.2) is 36.5 Å². The van der Waals surface area contributed by atoms with Crippen molar-refractivity contribution in [1.82, 2.24) is 9.78 Å². The van der Waals surface area contributed by atoms with E-state index < -0.39 is 35.5 Å². The van der Waals surface area contributed by atoms with Crippen molar-refractivity contribution < 1.29 is 27.9 Å². The number of carbonyl (C=O) groups is 2. The first-order valence-electron chi connectivity index (χ1n) is 7.48. The molecule has 132 valence electrons. The fourth-order valence-electron chi connectivity index (χ4n) is 2.78. The largest absolute Gasteiger partial charge is 0.480 e. The third-order valence-corrected chi connectivity index (χ3v) is 3.98. The number of aliphatic carboxylic acids is 1. The third kappa shape index (κ3) is 3.81. The van der Waals surface area contributed by atoms with Crippen LogP contribution in [0.1, 0.15) is 23.5 Å². The summed E-state index contributed by atoms with van der Waals surface area (Å²) in [7, 11) is 0. The van der Waals surface area contributed by atoms with E-state index in [-0.39, 0.29) is 17.9 Å². The van der Waals surface area contributed by atoms with Gasteiger partial charge in [0.25, 0.3) is 0 Å². The molecule has 25 heavy (non-hydrogen) atoms. The number of carboxylic acid groups (broad SMARTS) is 1. The van der Waals surface area contributed by atoms with Crippen molar-refractivity contribution in [1.29, 1.82) is 0 Å². The standard InChI is InChI=1S/C16H14F3N3O3/c17-16(18,19)12-4-2-1-3-9(12)10-7-11(10)15(25)20-13-5-6-22(21-13)8-14(23)24/h1-6,10-11H,7-8H2,(H,23,24)(H,20,21,25). The van der Waals surface area contributed by atoms with Crippen LogP contribution in [0.4, 0.5) is 19.0 Å². The summed E-state index contributed by atoms with van der Waals surface area (Å²) in [5, 5.41) is 15.1. The van der Waals surface area contributed by atoms with Gasteiger partial charge in [-0.1, -0.05) is 18.2 Å². The van der Waals surface area contributed by atoms with Crippen LogP contribution in [0.2, 0.25) is 0 Å². The average molecular weight is 353 g/mol. The van der Waals surface area contributed by atoms with E-state index in [1.165, 1.54) is 30.5 Å². The number of carbonyl (C=O) groups excluding carboxylic acids is 1. The first-order chi connectivity index (χ1) is 11.8. The molecule has 2 N–H and O–H groups in total. The summed E-state index contributed by atoms with van der Waals surface area (Å²) < 4.78 is 40.3. The molecule has 2 aromatic rings. The predicted octanol–water partition coefficient (Wildman–Crippen LogP) is 2.73. The summed E-state index contributed by atoms with van der Waals surface area (Å²) in [4.78, 5) is 22.8. The average Bonchev–Trinajstić information content (AvgIpc) is 3.22. The van der Waals surface area contributed by atoms with Crippen LogP contribution in [-0.4, -0.2) is 26.8 Å². The Hall–Kier alpha value is -2.84. The Kier molecular flexibility index (Phi) is 4.23. The molecule has 2 atom stereocenters. The summed E-state index contributed by atoms with van der Waals surface area (Å²) in [6.45, 7) is -0.346. The zero-order valence-corrected chi connectivity index (χ0v) is 12.8. The molecule has 0 bridgehead atoms. The number of nitrogens with zero attached hydrogens (tertiary/aromatic N) is 2. The van der Waals surface area contributed by atoms with E-state index in [1.54, 1.807) is 0 Å². The molecule has 9 heteroatoms. The fourth-order valence-corrected chi connectivity index (χ4v) is 2.78. The van der Waals surface area contributed by atoms with Crippen LogP contribution in [0.25, 0.3) is 0 Å². The number of halogens is 3. The number of hydrogen-bond acceptors (Lipinski definition) is 3. The number of carboxylic acids is 1. The molecule has 1 aliphatic rings. The Morgan fingerprint density at radius 2 is 2.00 bits per heavy atom. The lowest BCUT2D eigenvalue weighted by Crippen LogP contribution is -2.16. The fraction of sp³-hybridized carbons (Fsp3) is 0.312. The van der Waals surface area contributed by atoms with Crippen molar-refractivity contribution in [3.8, 4) is 0 Å². The Morgan fingerprint density at radius 3 is 2.68 bits per heavy atom. The van der Waals surface area contributed by atoms with Crippen LogP contribution >= 0.6 is 0 Å². The smallest absolute Gasteiger partial charge is 0.416 e. The van der Waals surface area contributed by atoms with Crippen molar-refractivity contribution in [2.75, 3.05) is 5.32 Å². The highest BCUT2D eigenvalue weighted by molar-refractivity contribution is 5.94.